The molecule has 1 amide bonds. The molecule has 88 valence electrons. The zero-order valence-corrected chi connectivity index (χ0v) is 11.6. The highest BCUT2D eigenvalue weighted by Gasteiger charge is 2.17. The van der Waals surface area contributed by atoms with Gasteiger partial charge in [-0.2, -0.15) is 0 Å². The maximum Gasteiger partial charge on any atom is 0.251 e. The molecule has 0 spiro atoms. The fourth-order valence-corrected chi connectivity index (χ4v) is 2.13. The van der Waals surface area contributed by atoms with Gasteiger partial charge in [0.2, 0.25) is 0 Å². The van der Waals surface area contributed by atoms with Gasteiger partial charge in [0.05, 0.1) is 0 Å². The molecular formula is C13H11BrClNO. The number of amides is 1. The molecule has 0 saturated carbocycles. The first-order valence-electron chi connectivity index (χ1n) is 5.19. The molecule has 2 nitrogen and oxygen atoms in total. The second-order valence-electron chi connectivity index (χ2n) is 3.90. The van der Waals surface area contributed by atoms with Crippen molar-refractivity contribution in [3.63, 3.8) is 0 Å². The molecule has 0 atom stereocenters. The molecular weight excluding hydrogens is 302 g/mol. The number of nitrogens with one attached hydrogen (secondary N) is 1. The summed E-state index contributed by atoms with van der Waals surface area (Å²) in [5, 5.41) is 3.49. The van der Waals surface area contributed by atoms with E-state index in [0.29, 0.717) is 11.4 Å². The molecule has 0 saturated heterocycles. The van der Waals surface area contributed by atoms with Crippen molar-refractivity contribution in [1.82, 2.24) is 0 Å². The topological polar surface area (TPSA) is 29.1 Å². The lowest BCUT2D eigenvalue weighted by Crippen LogP contribution is -2.13. The third-order valence-electron chi connectivity index (χ3n) is 2.56. The standard InChI is InChI=1S/C13H11BrClNO/c1-8-6-9(7-12(8)14)13(17)16-11-4-2-10(15)3-5-11/h2-6H,7H2,1H3,(H,16,17). The van der Waals surface area contributed by atoms with E-state index in [0.717, 1.165) is 21.3 Å². The number of carbonyl (C=O) groups is 1. The van der Waals surface area contributed by atoms with Gasteiger partial charge in [-0.3, -0.25) is 4.79 Å². The van der Waals surface area contributed by atoms with Gasteiger partial charge in [0.25, 0.3) is 5.91 Å². The van der Waals surface area contributed by atoms with Crippen molar-refractivity contribution in [2.45, 2.75) is 13.3 Å². The van der Waals surface area contributed by atoms with Gasteiger partial charge in [0, 0.05) is 27.2 Å². The van der Waals surface area contributed by atoms with Crippen LogP contribution in [0, 0.1) is 0 Å². The maximum atomic E-state index is 11.9. The molecule has 1 aliphatic rings. The molecule has 1 aliphatic carbocycles. The Morgan fingerprint density at radius 1 is 1.35 bits per heavy atom. The summed E-state index contributed by atoms with van der Waals surface area (Å²) >= 11 is 9.21. The highest BCUT2D eigenvalue weighted by molar-refractivity contribution is 9.11. The first-order valence-corrected chi connectivity index (χ1v) is 6.36. The van der Waals surface area contributed by atoms with Gasteiger partial charge in [-0.25, -0.2) is 0 Å². The molecule has 0 radical (unpaired) electrons. The number of hydrogen-bond acceptors (Lipinski definition) is 1. The summed E-state index contributed by atoms with van der Waals surface area (Å²) in [6.07, 6.45) is 2.56. The van der Waals surface area contributed by atoms with Crippen LogP contribution in [-0.2, 0) is 4.79 Å². The summed E-state index contributed by atoms with van der Waals surface area (Å²) in [5.41, 5.74) is 2.62. The van der Waals surface area contributed by atoms with E-state index in [-0.39, 0.29) is 5.91 Å². The fraction of sp³-hybridized carbons (Fsp3) is 0.154. The highest BCUT2D eigenvalue weighted by Crippen LogP contribution is 2.30. The third kappa shape index (κ3) is 2.99. The molecule has 1 aromatic carbocycles. The van der Waals surface area contributed by atoms with Gasteiger partial charge < -0.3 is 5.32 Å². The maximum absolute atomic E-state index is 11.9. The van der Waals surface area contributed by atoms with E-state index in [1.54, 1.807) is 24.3 Å². The minimum atomic E-state index is -0.0684. The lowest BCUT2D eigenvalue weighted by atomic mass is 10.2. The number of allylic oxidation sites excluding steroid dienone is 3. The van der Waals surface area contributed by atoms with Crippen molar-refractivity contribution in [2.24, 2.45) is 0 Å². The predicted octanol–water partition coefficient (Wildman–Crippen LogP) is 4.28. The first kappa shape index (κ1) is 12.4. The van der Waals surface area contributed by atoms with E-state index < -0.39 is 0 Å². The Balaban J connectivity index is 2.04. The Hall–Kier alpha value is -1.06. The molecule has 1 aromatic rings. The minimum Gasteiger partial charge on any atom is -0.322 e. The van der Waals surface area contributed by atoms with Crippen LogP contribution in [0.4, 0.5) is 5.69 Å². The zero-order chi connectivity index (χ0) is 12.4. The Morgan fingerprint density at radius 2 is 2.00 bits per heavy atom. The van der Waals surface area contributed by atoms with Crippen LogP contribution in [0.15, 0.2) is 46.0 Å². The first-order chi connectivity index (χ1) is 8.06. The Labute approximate surface area is 113 Å². The number of hydrogen-bond donors (Lipinski definition) is 1. The number of halogens is 2. The average molecular weight is 313 g/mol. The molecule has 0 aliphatic heterocycles. The van der Waals surface area contributed by atoms with Crippen molar-refractivity contribution in [1.29, 1.82) is 0 Å². The van der Waals surface area contributed by atoms with Crippen molar-refractivity contribution in [2.75, 3.05) is 5.32 Å². The van der Waals surface area contributed by atoms with Crippen LogP contribution < -0.4 is 5.32 Å². The van der Waals surface area contributed by atoms with Gasteiger partial charge in [0.1, 0.15) is 0 Å². The van der Waals surface area contributed by atoms with E-state index in [2.05, 4.69) is 21.2 Å². The summed E-state index contributed by atoms with van der Waals surface area (Å²) in [7, 11) is 0. The van der Waals surface area contributed by atoms with Crippen molar-refractivity contribution >= 4 is 39.1 Å². The van der Waals surface area contributed by atoms with E-state index >= 15 is 0 Å². The monoisotopic (exact) mass is 311 g/mol. The summed E-state index contributed by atoms with van der Waals surface area (Å²) in [6, 6.07) is 7.06. The Bertz CT molecular complexity index is 517. The molecule has 0 unspecified atom stereocenters. The normalized spacial score (nSPS) is 14.9. The van der Waals surface area contributed by atoms with Crippen molar-refractivity contribution in [3.8, 4) is 0 Å². The Morgan fingerprint density at radius 3 is 2.53 bits per heavy atom. The second-order valence-corrected chi connectivity index (χ2v) is 5.29. The van der Waals surface area contributed by atoms with Crippen LogP contribution in [0.5, 0.6) is 0 Å². The average Bonchev–Trinajstić information content (AvgIpc) is 2.63. The quantitative estimate of drug-likeness (QED) is 0.868. The van der Waals surface area contributed by atoms with Crippen molar-refractivity contribution < 1.29 is 4.79 Å². The summed E-state index contributed by atoms with van der Waals surface area (Å²) < 4.78 is 1.07. The van der Waals surface area contributed by atoms with E-state index in [1.165, 1.54) is 0 Å². The highest BCUT2D eigenvalue weighted by atomic mass is 79.9. The molecule has 0 bridgehead atoms. The van der Waals surface area contributed by atoms with Crippen LogP contribution in [0.2, 0.25) is 5.02 Å². The van der Waals surface area contributed by atoms with Crippen molar-refractivity contribution in [3.05, 3.63) is 51.0 Å². The fourth-order valence-electron chi connectivity index (χ4n) is 1.59. The van der Waals surface area contributed by atoms with E-state index in [4.69, 9.17) is 11.6 Å². The van der Waals surface area contributed by atoms with Crippen LogP contribution in [0.3, 0.4) is 0 Å². The van der Waals surface area contributed by atoms with Crippen LogP contribution in [0.1, 0.15) is 13.3 Å². The zero-order valence-electron chi connectivity index (χ0n) is 9.26. The summed E-state index contributed by atoms with van der Waals surface area (Å²) in [4.78, 5) is 11.9. The second kappa shape index (κ2) is 5.07. The van der Waals surface area contributed by atoms with Gasteiger partial charge in [-0.15, -0.1) is 0 Å². The lowest BCUT2D eigenvalue weighted by Gasteiger charge is -2.05. The number of rotatable bonds is 2. The molecule has 0 heterocycles. The summed E-state index contributed by atoms with van der Waals surface area (Å²) in [6.45, 7) is 1.98. The van der Waals surface area contributed by atoms with Crippen LogP contribution in [-0.4, -0.2) is 5.91 Å². The molecule has 2 rings (SSSR count). The molecule has 4 heteroatoms. The molecule has 0 aromatic heterocycles. The summed E-state index contributed by atoms with van der Waals surface area (Å²) in [5.74, 6) is -0.0684. The van der Waals surface area contributed by atoms with Gasteiger partial charge >= 0.3 is 0 Å². The third-order valence-corrected chi connectivity index (χ3v) is 3.72. The van der Waals surface area contributed by atoms with Crippen LogP contribution >= 0.6 is 27.5 Å². The largest absolute Gasteiger partial charge is 0.322 e. The minimum absolute atomic E-state index is 0.0684. The lowest BCUT2D eigenvalue weighted by molar-refractivity contribution is -0.112. The van der Waals surface area contributed by atoms with Gasteiger partial charge in [0.15, 0.2) is 0 Å². The van der Waals surface area contributed by atoms with Gasteiger partial charge in [-0.1, -0.05) is 27.5 Å². The molecule has 1 N–H and O–H groups in total. The smallest absolute Gasteiger partial charge is 0.251 e. The Kier molecular flexibility index (Phi) is 3.69. The molecule has 17 heavy (non-hydrogen) atoms. The number of benzene rings is 1. The molecule has 0 fully saturated rings. The van der Waals surface area contributed by atoms with Crippen LogP contribution in [0.25, 0.3) is 0 Å². The number of anilines is 1. The van der Waals surface area contributed by atoms with Gasteiger partial charge in [-0.05, 0) is 42.8 Å². The van der Waals surface area contributed by atoms with E-state index in [9.17, 15) is 4.79 Å². The predicted molar refractivity (Wildman–Crippen MR) is 74.4 cm³/mol. The SMILES string of the molecule is CC1=C(Br)CC(C(=O)Nc2ccc(Cl)cc2)=C1. The number of carbonyl (C=O) groups excluding carboxylic acids is 1. The van der Waals surface area contributed by atoms with E-state index in [1.807, 2.05) is 13.0 Å².